The number of nitrogens with two attached hydrogens (primary N) is 1. The number of amides is 1. The summed E-state index contributed by atoms with van der Waals surface area (Å²) in [5, 5.41) is 6.89. The van der Waals surface area contributed by atoms with Crippen molar-refractivity contribution in [1.29, 1.82) is 0 Å². The van der Waals surface area contributed by atoms with Crippen LogP contribution < -0.4 is 5.73 Å². The quantitative estimate of drug-likeness (QED) is 0.666. The monoisotopic (exact) mass is 256 g/mol. The summed E-state index contributed by atoms with van der Waals surface area (Å²) in [4.78, 5) is 21.9. The molecular formula is C12H20N2O4. The van der Waals surface area contributed by atoms with Gasteiger partial charge >= 0.3 is 0 Å². The number of fused-ring (bicyclic) bond motifs is 1. The van der Waals surface area contributed by atoms with Gasteiger partial charge in [0.1, 0.15) is 0 Å². The van der Waals surface area contributed by atoms with Crippen LogP contribution in [-0.4, -0.2) is 54.7 Å². The highest BCUT2D eigenvalue weighted by Gasteiger charge is 2.60. The van der Waals surface area contributed by atoms with Gasteiger partial charge in [0.05, 0.1) is 6.10 Å². The molecule has 6 nitrogen and oxygen atoms in total. The van der Waals surface area contributed by atoms with Crippen LogP contribution in [0.15, 0.2) is 0 Å². The van der Waals surface area contributed by atoms with Crippen molar-refractivity contribution in [3.05, 3.63) is 0 Å². The molecule has 1 aliphatic heterocycles. The van der Waals surface area contributed by atoms with Crippen molar-refractivity contribution in [2.75, 3.05) is 20.2 Å². The van der Waals surface area contributed by atoms with Gasteiger partial charge in [-0.05, 0) is 24.7 Å². The lowest BCUT2D eigenvalue weighted by atomic mass is 10.0. The zero-order chi connectivity index (χ0) is 13.3. The number of rotatable bonds is 3. The molecule has 18 heavy (non-hydrogen) atoms. The molecule has 1 heterocycles. The number of methoxy groups -OCH3 is 1. The molecule has 3 N–H and O–H groups in total. The number of ether oxygens (including phenoxy) is 1. The van der Waals surface area contributed by atoms with Crippen LogP contribution in [0.1, 0.15) is 12.8 Å². The maximum absolute atomic E-state index is 11.0. The molecule has 2 atom stereocenters. The Kier molecular flexibility index (Phi) is 3.87. The number of carbonyl (C=O) groups excluding carboxylic acids is 1. The zero-order valence-corrected chi connectivity index (χ0v) is 10.5. The van der Waals surface area contributed by atoms with Crippen molar-refractivity contribution < 1.29 is 19.4 Å². The van der Waals surface area contributed by atoms with Crippen molar-refractivity contribution in [1.82, 2.24) is 4.90 Å². The molecule has 2 saturated carbocycles. The number of nitrogens with zero attached hydrogens (tertiary/aromatic N) is 1. The minimum Gasteiger partial charge on any atom is -0.483 e. The molecule has 1 amide bonds. The Morgan fingerprint density at radius 2 is 1.89 bits per heavy atom. The minimum absolute atomic E-state index is 0.0816. The normalized spacial score (nSPS) is 38.1. The van der Waals surface area contributed by atoms with Gasteiger partial charge in [-0.3, -0.25) is 14.5 Å². The van der Waals surface area contributed by atoms with E-state index in [4.69, 9.17) is 20.4 Å². The van der Waals surface area contributed by atoms with E-state index >= 15 is 0 Å². The molecule has 3 rings (SSSR count). The summed E-state index contributed by atoms with van der Waals surface area (Å²) in [6.07, 6.45) is 2.79. The van der Waals surface area contributed by atoms with Crippen LogP contribution in [0.5, 0.6) is 0 Å². The molecule has 3 fully saturated rings. The summed E-state index contributed by atoms with van der Waals surface area (Å²) in [6.45, 7) is 1.89. The van der Waals surface area contributed by atoms with Gasteiger partial charge in [0, 0.05) is 32.2 Å². The van der Waals surface area contributed by atoms with Gasteiger partial charge in [-0.15, -0.1) is 0 Å². The van der Waals surface area contributed by atoms with E-state index in [2.05, 4.69) is 4.90 Å². The van der Waals surface area contributed by atoms with Crippen molar-refractivity contribution in [3.63, 3.8) is 0 Å². The molecule has 0 aromatic carbocycles. The lowest BCUT2D eigenvalue weighted by molar-refractivity contribution is -0.123. The molecule has 0 bridgehead atoms. The Balaban J connectivity index is 0.000000367. The summed E-state index contributed by atoms with van der Waals surface area (Å²) in [7, 11) is 1.78. The third-order valence-corrected chi connectivity index (χ3v) is 4.47. The predicted octanol–water partition coefficient (Wildman–Crippen LogP) is -0.472. The Labute approximate surface area is 106 Å². The lowest BCUT2D eigenvalue weighted by Gasteiger charge is -2.43. The SMILES string of the molecule is COC1CN(C2CC3C(C2)C3C(N)=O)C1.O=CO. The van der Waals surface area contributed by atoms with E-state index in [-0.39, 0.29) is 18.3 Å². The number of hydrogen-bond acceptors (Lipinski definition) is 4. The van der Waals surface area contributed by atoms with Crippen LogP contribution in [0.4, 0.5) is 0 Å². The topological polar surface area (TPSA) is 92.9 Å². The third-order valence-electron chi connectivity index (χ3n) is 4.47. The molecule has 2 aliphatic carbocycles. The molecule has 0 aromatic rings. The fraction of sp³-hybridized carbons (Fsp3) is 0.833. The number of likely N-dealkylation sites (tertiary alicyclic amines) is 1. The molecular weight excluding hydrogens is 236 g/mol. The lowest BCUT2D eigenvalue weighted by Crippen LogP contribution is -2.55. The van der Waals surface area contributed by atoms with Gasteiger partial charge in [0.25, 0.3) is 6.47 Å². The standard InChI is InChI=1S/C11H18N2O2.CH2O2/c1-15-7-4-13(5-7)6-2-8-9(3-6)10(8)11(12)14;2-1-3/h6-10H,2-5H2,1H3,(H2,12,14);1H,(H,2,3). The van der Waals surface area contributed by atoms with E-state index in [9.17, 15) is 4.79 Å². The first-order valence-corrected chi connectivity index (χ1v) is 6.26. The van der Waals surface area contributed by atoms with Crippen molar-refractivity contribution in [2.24, 2.45) is 23.5 Å². The van der Waals surface area contributed by atoms with E-state index in [1.54, 1.807) is 7.11 Å². The second-order valence-electron chi connectivity index (χ2n) is 5.30. The van der Waals surface area contributed by atoms with Crippen LogP contribution in [0.2, 0.25) is 0 Å². The smallest absolute Gasteiger partial charge is 0.290 e. The first-order valence-electron chi connectivity index (χ1n) is 6.26. The Bertz CT molecular complexity index is 318. The first-order chi connectivity index (χ1) is 8.62. The fourth-order valence-electron chi connectivity index (χ4n) is 3.45. The Hall–Kier alpha value is -1.14. The second-order valence-corrected chi connectivity index (χ2v) is 5.30. The van der Waals surface area contributed by atoms with E-state index in [0.717, 1.165) is 13.1 Å². The van der Waals surface area contributed by atoms with Crippen molar-refractivity contribution >= 4 is 12.4 Å². The largest absolute Gasteiger partial charge is 0.483 e. The van der Waals surface area contributed by atoms with Gasteiger partial charge in [0.15, 0.2) is 0 Å². The Morgan fingerprint density at radius 1 is 1.39 bits per heavy atom. The maximum atomic E-state index is 11.0. The van der Waals surface area contributed by atoms with Crippen LogP contribution in [-0.2, 0) is 14.3 Å². The molecule has 3 aliphatic rings. The number of primary amides is 1. The van der Waals surface area contributed by atoms with E-state index in [0.29, 0.717) is 24.0 Å². The predicted molar refractivity (Wildman–Crippen MR) is 63.7 cm³/mol. The van der Waals surface area contributed by atoms with Crippen molar-refractivity contribution in [3.8, 4) is 0 Å². The first kappa shape index (κ1) is 13.3. The summed E-state index contributed by atoms with van der Waals surface area (Å²) in [5.74, 6) is 1.34. The highest BCUT2D eigenvalue weighted by Crippen LogP contribution is 2.58. The summed E-state index contributed by atoms with van der Waals surface area (Å²) >= 11 is 0. The van der Waals surface area contributed by atoms with E-state index in [1.165, 1.54) is 12.8 Å². The fourth-order valence-corrected chi connectivity index (χ4v) is 3.45. The number of carbonyl (C=O) groups is 2. The summed E-state index contributed by atoms with van der Waals surface area (Å²) in [6, 6.07) is 0.696. The number of hydrogen-bond donors (Lipinski definition) is 2. The Morgan fingerprint density at radius 3 is 2.28 bits per heavy atom. The maximum Gasteiger partial charge on any atom is 0.290 e. The molecule has 2 unspecified atom stereocenters. The van der Waals surface area contributed by atoms with Crippen molar-refractivity contribution in [2.45, 2.75) is 25.0 Å². The van der Waals surface area contributed by atoms with Gasteiger partial charge in [0.2, 0.25) is 5.91 Å². The summed E-state index contributed by atoms with van der Waals surface area (Å²) < 4.78 is 5.26. The third kappa shape index (κ3) is 2.35. The average molecular weight is 256 g/mol. The van der Waals surface area contributed by atoms with Crippen LogP contribution in [0.3, 0.4) is 0 Å². The van der Waals surface area contributed by atoms with Gasteiger partial charge in [-0.1, -0.05) is 0 Å². The molecule has 1 saturated heterocycles. The highest BCUT2D eigenvalue weighted by molar-refractivity contribution is 5.80. The molecule has 0 radical (unpaired) electrons. The molecule has 0 spiro atoms. The van der Waals surface area contributed by atoms with Crippen LogP contribution >= 0.6 is 0 Å². The minimum atomic E-state index is -0.250. The molecule has 102 valence electrons. The number of carboxylic acid groups (broad SMARTS) is 1. The van der Waals surface area contributed by atoms with E-state index < -0.39 is 0 Å². The highest BCUT2D eigenvalue weighted by atomic mass is 16.5. The van der Waals surface area contributed by atoms with Gasteiger partial charge < -0.3 is 15.6 Å². The second kappa shape index (κ2) is 5.24. The average Bonchev–Trinajstić information content (AvgIpc) is 2.76. The molecule has 0 aromatic heterocycles. The van der Waals surface area contributed by atoms with Crippen LogP contribution in [0, 0.1) is 17.8 Å². The molecule has 6 heteroatoms. The van der Waals surface area contributed by atoms with Crippen LogP contribution in [0.25, 0.3) is 0 Å². The summed E-state index contributed by atoms with van der Waals surface area (Å²) in [5.41, 5.74) is 5.33. The van der Waals surface area contributed by atoms with Gasteiger partial charge in [-0.25, -0.2) is 0 Å². The van der Waals surface area contributed by atoms with E-state index in [1.807, 2.05) is 0 Å². The zero-order valence-electron chi connectivity index (χ0n) is 10.5. The van der Waals surface area contributed by atoms with Gasteiger partial charge in [-0.2, -0.15) is 0 Å².